The summed E-state index contributed by atoms with van der Waals surface area (Å²) in [5, 5.41) is 3.38. The molecule has 0 aromatic rings. The third-order valence-electron chi connectivity index (χ3n) is 4.47. The number of carbonyl (C=O) groups excluding carboxylic acids is 1. The molecule has 0 saturated carbocycles. The second kappa shape index (κ2) is 6.53. The summed E-state index contributed by atoms with van der Waals surface area (Å²) in [4.78, 5) is 14.4. The Morgan fingerprint density at radius 3 is 2.72 bits per heavy atom. The Bertz CT molecular complexity index is 273. The standard InChI is InChI=1S/C14H26N2O2/c1-3-11-4-7-15-13(10-11)14(17)16(2)12-5-8-18-9-6-12/h11-13,15H,3-10H2,1-2H3. The highest BCUT2D eigenvalue weighted by atomic mass is 16.5. The molecule has 1 amide bonds. The topological polar surface area (TPSA) is 41.6 Å². The molecule has 2 saturated heterocycles. The van der Waals surface area contributed by atoms with Gasteiger partial charge in [-0.05, 0) is 38.1 Å². The van der Waals surface area contributed by atoms with Crippen LogP contribution in [-0.4, -0.2) is 49.7 Å². The maximum absolute atomic E-state index is 12.5. The minimum atomic E-state index is 0.0385. The first-order valence-corrected chi connectivity index (χ1v) is 7.30. The summed E-state index contributed by atoms with van der Waals surface area (Å²) in [5.74, 6) is 0.989. The molecule has 0 radical (unpaired) electrons. The lowest BCUT2D eigenvalue weighted by Gasteiger charge is -2.36. The Labute approximate surface area is 110 Å². The molecular formula is C14H26N2O2. The van der Waals surface area contributed by atoms with Crippen molar-refractivity contribution in [3.8, 4) is 0 Å². The van der Waals surface area contributed by atoms with Crippen LogP contribution in [0.4, 0.5) is 0 Å². The Kier molecular flexibility index (Phi) is 5.01. The van der Waals surface area contributed by atoms with Gasteiger partial charge in [0.15, 0.2) is 0 Å². The first-order valence-electron chi connectivity index (χ1n) is 7.30. The zero-order valence-corrected chi connectivity index (χ0v) is 11.7. The molecule has 2 fully saturated rings. The molecule has 104 valence electrons. The molecule has 0 spiro atoms. The predicted molar refractivity (Wildman–Crippen MR) is 71.4 cm³/mol. The molecule has 1 N–H and O–H groups in total. The lowest BCUT2D eigenvalue weighted by atomic mass is 9.89. The molecular weight excluding hydrogens is 228 g/mol. The Balaban J connectivity index is 1.88. The number of nitrogens with one attached hydrogen (secondary N) is 1. The van der Waals surface area contributed by atoms with Crippen LogP contribution < -0.4 is 5.32 Å². The summed E-state index contributed by atoms with van der Waals surface area (Å²) >= 11 is 0. The van der Waals surface area contributed by atoms with Gasteiger partial charge in [-0.15, -0.1) is 0 Å². The Morgan fingerprint density at radius 2 is 2.06 bits per heavy atom. The summed E-state index contributed by atoms with van der Waals surface area (Å²) in [6.07, 6.45) is 5.36. The van der Waals surface area contributed by atoms with Crippen LogP contribution in [-0.2, 0) is 9.53 Å². The predicted octanol–water partition coefficient (Wildman–Crippen LogP) is 1.40. The van der Waals surface area contributed by atoms with Crippen LogP contribution in [0.2, 0.25) is 0 Å². The number of carbonyl (C=O) groups is 1. The van der Waals surface area contributed by atoms with Gasteiger partial charge in [0.1, 0.15) is 0 Å². The molecule has 0 aromatic heterocycles. The fourth-order valence-corrected chi connectivity index (χ4v) is 3.05. The largest absolute Gasteiger partial charge is 0.381 e. The van der Waals surface area contributed by atoms with Crippen LogP contribution in [0.15, 0.2) is 0 Å². The number of amides is 1. The smallest absolute Gasteiger partial charge is 0.239 e. The van der Waals surface area contributed by atoms with Gasteiger partial charge in [-0.2, -0.15) is 0 Å². The van der Waals surface area contributed by atoms with Crippen LogP contribution in [0.1, 0.15) is 39.0 Å². The van der Waals surface area contributed by atoms with Crippen molar-refractivity contribution >= 4 is 5.91 Å². The molecule has 4 nitrogen and oxygen atoms in total. The van der Waals surface area contributed by atoms with E-state index in [0.29, 0.717) is 12.0 Å². The van der Waals surface area contributed by atoms with E-state index in [1.54, 1.807) is 0 Å². The SMILES string of the molecule is CCC1CCNC(C(=O)N(C)C2CCOCC2)C1. The normalized spacial score (nSPS) is 30.1. The van der Waals surface area contributed by atoms with Crippen LogP contribution in [0, 0.1) is 5.92 Å². The number of ether oxygens (including phenoxy) is 1. The van der Waals surface area contributed by atoms with Crippen LogP contribution in [0.25, 0.3) is 0 Å². The lowest BCUT2D eigenvalue weighted by Crippen LogP contribution is -2.52. The van der Waals surface area contributed by atoms with Crippen molar-refractivity contribution in [3.05, 3.63) is 0 Å². The third kappa shape index (κ3) is 3.23. The minimum absolute atomic E-state index is 0.0385. The monoisotopic (exact) mass is 254 g/mol. The van der Waals surface area contributed by atoms with Crippen molar-refractivity contribution in [1.29, 1.82) is 0 Å². The van der Waals surface area contributed by atoms with E-state index < -0.39 is 0 Å². The molecule has 2 rings (SSSR count). The second-order valence-corrected chi connectivity index (χ2v) is 5.60. The zero-order chi connectivity index (χ0) is 13.0. The van der Waals surface area contributed by atoms with Crippen LogP contribution in [0.3, 0.4) is 0 Å². The molecule has 2 heterocycles. The second-order valence-electron chi connectivity index (χ2n) is 5.60. The van der Waals surface area contributed by atoms with Crippen molar-refractivity contribution in [2.24, 2.45) is 5.92 Å². The average molecular weight is 254 g/mol. The lowest BCUT2D eigenvalue weighted by molar-refractivity contribution is -0.136. The van der Waals surface area contributed by atoms with Gasteiger partial charge in [0.25, 0.3) is 0 Å². The zero-order valence-electron chi connectivity index (χ0n) is 11.7. The highest BCUT2D eigenvalue weighted by molar-refractivity contribution is 5.82. The van der Waals surface area contributed by atoms with E-state index in [1.807, 2.05) is 11.9 Å². The summed E-state index contributed by atoms with van der Waals surface area (Å²) in [6.45, 7) is 4.78. The van der Waals surface area contributed by atoms with Crippen molar-refractivity contribution in [2.75, 3.05) is 26.8 Å². The number of hydrogen-bond donors (Lipinski definition) is 1. The van der Waals surface area contributed by atoms with E-state index in [1.165, 1.54) is 12.8 Å². The van der Waals surface area contributed by atoms with Crippen LogP contribution in [0.5, 0.6) is 0 Å². The maximum Gasteiger partial charge on any atom is 0.239 e. The van der Waals surface area contributed by atoms with E-state index in [2.05, 4.69) is 12.2 Å². The highest BCUT2D eigenvalue weighted by Gasteiger charge is 2.31. The van der Waals surface area contributed by atoms with E-state index in [0.717, 1.165) is 39.0 Å². The highest BCUT2D eigenvalue weighted by Crippen LogP contribution is 2.22. The number of likely N-dealkylation sites (N-methyl/N-ethyl adjacent to an activating group) is 1. The summed E-state index contributed by atoms with van der Waals surface area (Å²) < 4.78 is 5.36. The molecule has 4 heteroatoms. The average Bonchev–Trinajstić information content (AvgIpc) is 2.46. The number of hydrogen-bond acceptors (Lipinski definition) is 3. The van der Waals surface area contributed by atoms with E-state index in [-0.39, 0.29) is 11.9 Å². The minimum Gasteiger partial charge on any atom is -0.381 e. The van der Waals surface area contributed by atoms with Crippen molar-refractivity contribution in [2.45, 2.75) is 51.1 Å². The van der Waals surface area contributed by atoms with Gasteiger partial charge in [-0.25, -0.2) is 0 Å². The molecule has 0 bridgehead atoms. The van der Waals surface area contributed by atoms with Gasteiger partial charge in [-0.3, -0.25) is 4.79 Å². The number of nitrogens with zero attached hydrogens (tertiary/aromatic N) is 1. The van der Waals surface area contributed by atoms with Crippen molar-refractivity contribution in [3.63, 3.8) is 0 Å². The molecule has 2 unspecified atom stereocenters. The van der Waals surface area contributed by atoms with Gasteiger partial charge in [-0.1, -0.05) is 13.3 Å². The molecule has 2 atom stereocenters. The van der Waals surface area contributed by atoms with Crippen molar-refractivity contribution < 1.29 is 9.53 Å². The quantitative estimate of drug-likeness (QED) is 0.828. The molecule has 18 heavy (non-hydrogen) atoms. The van der Waals surface area contributed by atoms with Gasteiger partial charge in [0.2, 0.25) is 5.91 Å². The Morgan fingerprint density at radius 1 is 1.33 bits per heavy atom. The first-order chi connectivity index (χ1) is 8.72. The first kappa shape index (κ1) is 13.8. The fourth-order valence-electron chi connectivity index (χ4n) is 3.05. The van der Waals surface area contributed by atoms with E-state index in [9.17, 15) is 4.79 Å². The van der Waals surface area contributed by atoms with Crippen LogP contribution >= 0.6 is 0 Å². The fraction of sp³-hybridized carbons (Fsp3) is 0.929. The molecule has 2 aliphatic heterocycles. The summed E-state index contributed by atoms with van der Waals surface area (Å²) in [6, 6.07) is 0.409. The van der Waals surface area contributed by atoms with E-state index >= 15 is 0 Å². The van der Waals surface area contributed by atoms with E-state index in [4.69, 9.17) is 4.74 Å². The molecule has 0 aromatic carbocycles. The van der Waals surface area contributed by atoms with Crippen molar-refractivity contribution in [1.82, 2.24) is 10.2 Å². The van der Waals surface area contributed by atoms with Gasteiger partial charge < -0.3 is 15.0 Å². The summed E-state index contributed by atoms with van der Waals surface area (Å²) in [5.41, 5.74) is 0. The maximum atomic E-state index is 12.5. The molecule has 2 aliphatic rings. The van der Waals surface area contributed by atoms with Gasteiger partial charge in [0.05, 0.1) is 6.04 Å². The third-order valence-corrected chi connectivity index (χ3v) is 4.47. The summed E-state index contributed by atoms with van der Waals surface area (Å²) in [7, 11) is 1.95. The Hall–Kier alpha value is -0.610. The number of piperidine rings is 1. The van der Waals surface area contributed by atoms with Gasteiger partial charge >= 0.3 is 0 Å². The molecule has 0 aliphatic carbocycles. The number of rotatable bonds is 3. The van der Waals surface area contributed by atoms with Gasteiger partial charge in [0, 0.05) is 26.3 Å².